The van der Waals surface area contributed by atoms with Crippen molar-refractivity contribution in [2.45, 2.75) is 32.7 Å². The summed E-state index contributed by atoms with van der Waals surface area (Å²) in [6.07, 6.45) is 1.05. The Morgan fingerprint density at radius 1 is 1.32 bits per heavy atom. The van der Waals surface area contributed by atoms with E-state index in [1.165, 1.54) is 0 Å². The number of para-hydroxylation sites is 1. The first kappa shape index (κ1) is 15.4. The molecule has 0 aliphatic heterocycles. The summed E-state index contributed by atoms with van der Waals surface area (Å²) in [6.45, 7) is 4.44. The number of nitrogens with one attached hydrogen (secondary N) is 2. The van der Waals surface area contributed by atoms with Gasteiger partial charge in [0.2, 0.25) is 5.91 Å². The summed E-state index contributed by atoms with van der Waals surface area (Å²) in [5.74, 6) is 0.731. The molecule has 0 spiro atoms. The van der Waals surface area contributed by atoms with Crippen LogP contribution in [-0.4, -0.2) is 23.7 Å². The number of amides is 1. The number of hydrogen-bond acceptors (Lipinski definition) is 3. The molecule has 0 radical (unpaired) electrons. The maximum atomic E-state index is 11.6. The van der Waals surface area contributed by atoms with E-state index in [0.29, 0.717) is 24.6 Å². The minimum atomic E-state index is -0.0881. The van der Waals surface area contributed by atoms with Crippen molar-refractivity contribution in [1.82, 2.24) is 10.6 Å². The van der Waals surface area contributed by atoms with Crippen LogP contribution < -0.4 is 15.4 Å². The van der Waals surface area contributed by atoms with Crippen molar-refractivity contribution in [3.05, 3.63) is 30.3 Å². The van der Waals surface area contributed by atoms with Crippen molar-refractivity contribution >= 4 is 23.2 Å². The average molecular weight is 280 g/mol. The van der Waals surface area contributed by atoms with Gasteiger partial charge in [-0.3, -0.25) is 4.79 Å². The van der Waals surface area contributed by atoms with Crippen LogP contribution in [0, 0.1) is 0 Å². The molecule has 0 unspecified atom stereocenters. The molecule has 0 bridgehead atoms. The molecule has 2 N–H and O–H groups in total. The van der Waals surface area contributed by atoms with Gasteiger partial charge in [-0.1, -0.05) is 18.2 Å². The van der Waals surface area contributed by atoms with E-state index in [9.17, 15) is 4.79 Å². The Morgan fingerprint density at radius 2 is 2.00 bits per heavy atom. The van der Waals surface area contributed by atoms with Crippen LogP contribution in [0.3, 0.4) is 0 Å². The van der Waals surface area contributed by atoms with Crippen LogP contribution in [0.4, 0.5) is 0 Å². The van der Waals surface area contributed by atoms with Gasteiger partial charge in [0, 0.05) is 12.5 Å². The molecule has 0 atom stereocenters. The summed E-state index contributed by atoms with van der Waals surface area (Å²) in [6, 6.07) is 9.76. The molecular formula is C14H20N2O2S. The first-order valence-electron chi connectivity index (χ1n) is 6.36. The SMILES string of the molecule is CC(C)NC(=S)NC(=O)CCCOc1ccccc1. The third-order valence-electron chi connectivity index (χ3n) is 2.23. The van der Waals surface area contributed by atoms with Crippen LogP contribution in [0.5, 0.6) is 5.75 Å². The Hall–Kier alpha value is -1.62. The van der Waals surface area contributed by atoms with Crippen LogP contribution in [0.15, 0.2) is 30.3 Å². The van der Waals surface area contributed by atoms with Crippen LogP contribution in [0.1, 0.15) is 26.7 Å². The molecule has 1 amide bonds. The van der Waals surface area contributed by atoms with E-state index in [1.54, 1.807) is 0 Å². The van der Waals surface area contributed by atoms with Crippen molar-refractivity contribution in [1.29, 1.82) is 0 Å². The largest absolute Gasteiger partial charge is 0.494 e. The summed E-state index contributed by atoms with van der Waals surface area (Å²) in [5.41, 5.74) is 0. The predicted molar refractivity (Wildman–Crippen MR) is 80.2 cm³/mol. The molecule has 0 aliphatic rings. The van der Waals surface area contributed by atoms with Crippen molar-refractivity contribution in [2.24, 2.45) is 0 Å². The van der Waals surface area contributed by atoms with Gasteiger partial charge in [0.05, 0.1) is 6.61 Å². The highest BCUT2D eigenvalue weighted by molar-refractivity contribution is 7.80. The summed E-state index contributed by atoms with van der Waals surface area (Å²) in [7, 11) is 0. The van der Waals surface area contributed by atoms with E-state index in [4.69, 9.17) is 17.0 Å². The van der Waals surface area contributed by atoms with Crippen LogP contribution in [0.2, 0.25) is 0 Å². The molecule has 19 heavy (non-hydrogen) atoms. The van der Waals surface area contributed by atoms with E-state index in [0.717, 1.165) is 5.75 Å². The lowest BCUT2D eigenvalue weighted by atomic mass is 10.3. The van der Waals surface area contributed by atoms with Gasteiger partial charge < -0.3 is 15.4 Å². The van der Waals surface area contributed by atoms with Crippen LogP contribution in [-0.2, 0) is 4.79 Å². The fourth-order valence-corrected chi connectivity index (χ4v) is 1.78. The highest BCUT2D eigenvalue weighted by atomic mass is 32.1. The van der Waals surface area contributed by atoms with E-state index in [-0.39, 0.29) is 11.9 Å². The zero-order valence-electron chi connectivity index (χ0n) is 11.3. The van der Waals surface area contributed by atoms with Gasteiger partial charge in [-0.15, -0.1) is 0 Å². The summed E-state index contributed by atoms with van der Waals surface area (Å²) in [4.78, 5) is 11.6. The summed E-state index contributed by atoms with van der Waals surface area (Å²) >= 11 is 4.99. The Bertz CT molecular complexity index is 407. The summed E-state index contributed by atoms with van der Waals surface area (Å²) < 4.78 is 5.50. The minimum Gasteiger partial charge on any atom is -0.494 e. The van der Waals surface area contributed by atoms with Crippen molar-refractivity contribution in [3.63, 3.8) is 0 Å². The quantitative estimate of drug-likeness (QED) is 0.620. The second-order valence-corrected chi connectivity index (χ2v) is 4.85. The number of rotatable bonds is 6. The molecule has 104 valence electrons. The zero-order valence-corrected chi connectivity index (χ0v) is 12.1. The molecule has 1 aromatic rings. The fourth-order valence-electron chi connectivity index (χ4n) is 1.43. The number of carbonyl (C=O) groups excluding carboxylic acids is 1. The standard InChI is InChI=1S/C14H20N2O2S/c1-11(2)15-14(19)16-13(17)9-6-10-18-12-7-4-3-5-8-12/h3-5,7-8,11H,6,9-10H2,1-2H3,(H2,15,16,17,19). The Kier molecular flexibility index (Phi) is 6.89. The van der Waals surface area contributed by atoms with Gasteiger partial charge >= 0.3 is 0 Å². The monoisotopic (exact) mass is 280 g/mol. The topological polar surface area (TPSA) is 50.4 Å². The Labute approximate surface area is 119 Å². The van der Waals surface area contributed by atoms with Gasteiger partial charge in [0.15, 0.2) is 5.11 Å². The van der Waals surface area contributed by atoms with Crippen LogP contribution >= 0.6 is 12.2 Å². The molecule has 0 heterocycles. The van der Waals surface area contributed by atoms with E-state index >= 15 is 0 Å². The molecule has 4 nitrogen and oxygen atoms in total. The number of hydrogen-bond donors (Lipinski definition) is 2. The second kappa shape index (κ2) is 8.48. The summed E-state index contributed by atoms with van der Waals surface area (Å²) in [5, 5.41) is 5.97. The first-order valence-corrected chi connectivity index (χ1v) is 6.77. The molecule has 1 aromatic carbocycles. The molecule has 0 saturated heterocycles. The zero-order chi connectivity index (χ0) is 14.1. The molecule has 0 fully saturated rings. The first-order chi connectivity index (χ1) is 9.08. The molecule has 5 heteroatoms. The number of ether oxygens (including phenoxy) is 1. The van der Waals surface area contributed by atoms with E-state index in [1.807, 2.05) is 44.2 Å². The average Bonchev–Trinajstić information content (AvgIpc) is 2.35. The maximum Gasteiger partial charge on any atom is 0.226 e. The molecule has 1 rings (SSSR count). The van der Waals surface area contributed by atoms with Gasteiger partial charge in [-0.25, -0.2) is 0 Å². The number of thiocarbonyl (C=S) groups is 1. The van der Waals surface area contributed by atoms with Gasteiger partial charge in [0.1, 0.15) is 5.75 Å². The molecule has 0 aromatic heterocycles. The normalized spacial score (nSPS) is 10.1. The molecule has 0 aliphatic carbocycles. The van der Waals surface area contributed by atoms with E-state index < -0.39 is 0 Å². The number of carbonyl (C=O) groups is 1. The third kappa shape index (κ3) is 7.41. The minimum absolute atomic E-state index is 0.0881. The van der Waals surface area contributed by atoms with Crippen LogP contribution in [0.25, 0.3) is 0 Å². The second-order valence-electron chi connectivity index (χ2n) is 4.44. The fraction of sp³-hybridized carbons (Fsp3) is 0.429. The van der Waals surface area contributed by atoms with Crippen molar-refractivity contribution in [3.8, 4) is 5.75 Å². The third-order valence-corrected chi connectivity index (χ3v) is 2.45. The Balaban J connectivity index is 2.12. The highest BCUT2D eigenvalue weighted by Gasteiger charge is 2.05. The lowest BCUT2D eigenvalue weighted by molar-refractivity contribution is -0.119. The lowest BCUT2D eigenvalue weighted by Gasteiger charge is -2.12. The van der Waals surface area contributed by atoms with Gasteiger partial charge in [-0.2, -0.15) is 0 Å². The molecular weight excluding hydrogens is 260 g/mol. The van der Waals surface area contributed by atoms with Crippen molar-refractivity contribution in [2.75, 3.05) is 6.61 Å². The number of benzene rings is 1. The van der Waals surface area contributed by atoms with Gasteiger partial charge in [0.25, 0.3) is 0 Å². The molecule has 0 saturated carbocycles. The lowest BCUT2D eigenvalue weighted by Crippen LogP contribution is -2.42. The van der Waals surface area contributed by atoms with Gasteiger partial charge in [-0.05, 0) is 44.6 Å². The maximum absolute atomic E-state index is 11.6. The predicted octanol–water partition coefficient (Wildman–Crippen LogP) is 2.24. The Morgan fingerprint density at radius 3 is 2.63 bits per heavy atom. The highest BCUT2D eigenvalue weighted by Crippen LogP contribution is 2.08. The van der Waals surface area contributed by atoms with E-state index in [2.05, 4.69) is 10.6 Å². The smallest absolute Gasteiger partial charge is 0.226 e. The van der Waals surface area contributed by atoms with Crippen molar-refractivity contribution < 1.29 is 9.53 Å².